The SMILES string of the molecule is O=C1c2c3cccc2C2CCCC4=C2C2CCC4(C2)C1CC3. The second-order valence-corrected chi connectivity index (χ2v) is 8.31. The number of Topliss-reactive ketones (excluding diaryl/α,β-unsaturated/α-hetero) is 1. The van der Waals surface area contributed by atoms with Gasteiger partial charge in [-0.2, -0.15) is 0 Å². The van der Waals surface area contributed by atoms with E-state index in [-0.39, 0.29) is 0 Å². The second kappa shape index (κ2) is 3.75. The number of hydrogen-bond donors (Lipinski definition) is 0. The van der Waals surface area contributed by atoms with Crippen molar-refractivity contribution in [3.05, 3.63) is 46.0 Å². The third-order valence-electron chi connectivity index (χ3n) is 7.72. The Balaban J connectivity index is 1.74. The molecule has 1 fully saturated rings. The lowest BCUT2D eigenvalue weighted by atomic mass is 9.57. The van der Waals surface area contributed by atoms with Crippen LogP contribution in [0, 0.1) is 17.3 Å². The molecule has 5 aliphatic rings. The smallest absolute Gasteiger partial charge is 0.167 e. The van der Waals surface area contributed by atoms with Gasteiger partial charge in [-0.15, -0.1) is 0 Å². The zero-order chi connectivity index (χ0) is 14.5. The highest BCUT2D eigenvalue weighted by Gasteiger charge is 2.60. The van der Waals surface area contributed by atoms with Crippen molar-refractivity contribution in [2.24, 2.45) is 17.3 Å². The molecule has 7 bridgehead atoms. The number of hydrogen-bond acceptors (Lipinski definition) is 1. The van der Waals surface area contributed by atoms with E-state index >= 15 is 0 Å². The van der Waals surface area contributed by atoms with Gasteiger partial charge >= 0.3 is 0 Å². The molecule has 1 aromatic carbocycles. The molecule has 1 saturated carbocycles. The van der Waals surface area contributed by atoms with Gasteiger partial charge < -0.3 is 0 Å². The number of fused-ring (bicyclic) bond motifs is 3. The van der Waals surface area contributed by atoms with Crippen LogP contribution < -0.4 is 0 Å². The number of carbonyl (C=O) groups is 1. The number of aryl methyl sites for hydroxylation is 1. The summed E-state index contributed by atoms with van der Waals surface area (Å²) in [4.78, 5) is 13.4. The first kappa shape index (κ1) is 12.1. The van der Waals surface area contributed by atoms with Crippen LogP contribution >= 0.6 is 0 Å². The first-order valence-corrected chi connectivity index (χ1v) is 9.19. The lowest BCUT2D eigenvalue weighted by Gasteiger charge is -2.46. The minimum absolute atomic E-state index is 0.293. The number of carbonyl (C=O) groups excluding carboxylic acids is 1. The molecule has 0 radical (unpaired) electrons. The third-order valence-corrected chi connectivity index (χ3v) is 7.72. The van der Waals surface area contributed by atoms with Gasteiger partial charge in [0.15, 0.2) is 5.78 Å². The summed E-state index contributed by atoms with van der Waals surface area (Å²) in [5.74, 6) is 2.21. The van der Waals surface area contributed by atoms with Crippen molar-refractivity contribution in [3.63, 3.8) is 0 Å². The Morgan fingerprint density at radius 3 is 3.00 bits per heavy atom. The van der Waals surface area contributed by atoms with E-state index < -0.39 is 0 Å². The van der Waals surface area contributed by atoms with Crippen LogP contribution in [0.2, 0.25) is 0 Å². The number of benzene rings is 1. The van der Waals surface area contributed by atoms with Crippen LogP contribution in [-0.2, 0) is 6.42 Å². The summed E-state index contributed by atoms with van der Waals surface area (Å²) in [7, 11) is 0. The number of rotatable bonds is 0. The molecule has 4 atom stereocenters. The number of ketones is 1. The van der Waals surface area contributed by atoms with E-state index in [1.165, 1.54) is 49.7 Å². The quantitative estimate of drug-likeness (QED) is 0.627. The molecule has 0 aliphatic heterocycles. The Kier molecular flexibility index (Phi) is 2.06. The summed E-state index contributed by atoms with van der Waals surface area (Å²) in [6.45, 7) is 0. The highest BCUT2D eigenvalue weighted by Crippen LogP contribution is 2.69. The molecule has 1 nitrogen and oxygen atoms in total. The average molecular weight is 290 g/mol. The molecule has 22 heavy (non-hydrogen) atoms. The van der Waals surface area contributed by atoms with Gasteiger partial charge in [-0.05, 0) is 68.4 Å². The summed E-state index contributed by atoms with van der Waals surface area (Å²) in [5, 5.41) is 0. The van der Waals surface area contributed by atoms with Crippen LogP contribution in [0.25, 0.3) is 0 Å². The van der Waals surface area contributed by atoms with E-state index in [9.17, 15) is 4.79 Å². The predicted octanol–water partition coefficient (Wildman–Crippen LogP) is 4.81. The summed E-state index contributed by atoms with van der Waals surface area (Å²) in [6, 6.07) is 6.70. The van der Waals surface area contributed by atoms with E-state index in [1.807, 2.05) is 5.57 Å². The summed E-state index contributed by atoms with van der Waals surface area (Å²) < 4.78 is 0. The van der Waals surface area contributed by atoms with E-state index in [0.717, 1.165) is 24.3 Å². The first-order chi connectivity index (χ1) is 10.8. The summed E-state index contributed by atoms with van der Waals surface area (Å²) in [6.07, 6.45) is 10.1. The van der Waals surface area contributed by atoms with Crippen LogP contribution in [0.5, 0.6) is 0 Å². The van der Waals surface area contributed by atoms with Gasteiger partial charge in [-0.25, -0.2) is 0 Å². The monoisotopic (exact) mass is 290 g/mol. The zero-order valence-corrected chi connectivity index (χ0v) is 13.0. The molecule has 0 amide bonds. The van der Waals surface area contributed by atoms with Crippen molar-refractivity contribution in [2.45, 2.75) is 57.3 Å². The standard InChI is InChI=1S/C21H22O/c22-20-17-8-7-12-3-1-4-15(19(12)20)14-5-2-6-16-18(14)13-9-10-21(16,17)11-13/h1,3-4,13-14,17H,2,5-11H2. The van der Waals surface area contributed by atoms with Gasteiger partial charge in [0.1, 0.15) is 0 Å². The molecular weight excluding hydrogens is 268 g/mol. The lowest BCUT2D eigenvalue weighted by Crippen LogP contribution is -2.41. The van der Waals surface area contributed by atoms with Gasteiger partial charge in [-0.1, -0.05) is 29.3 Å². The number of allylic oxidation sites excluding steroid dienone is 2. The highest BCUT2D eigenvalue weighted by molar-refractivity contribution is 6.03. The Hall–Kier alpha value is -1.37. The molecule has 0 saturated heterocycles. The van der Waals surface area contributed by atoms with Gasteiger partial charge in [0, 0.05) is 22.8 Å². The van der Waals surface area contributed by atoms with Crippen LogP contribution in [0.3, 0.4) is 0 Å². The highest BCUT2D eigenvalue weighted by atomic mass is 16.1. The van der Waals surface area contributed by atoms with Crippen LogP contribution in [0.15, 0.2) is 29.3 Å². The maximum absolute atomic E-state index is 13.4. The Morgan fingerprint density at radius 2 is 2.05 bits per heavy atom. The minimum atomic E-state index is 0.293. The Labute approximate surface area is 131 Å². The van der Waals surface area contributed by atoms with Gasteiger partial charge in [0.2, 0.25) is 0 Å². The third kappa shape index (κ3) is 1.16. The van der Waals surface area contributed by atoms with Crippen molar-refractivity contribution in [3.8, 4) is 0 Å². The molecule has 1 heteroatoms. The second-order valence-electron chi connectivity index (χ2n) is 8.31. The fourth-order valence-electron chi connectivity index (χ4n) is 7.08. The van der Waals surface area contributed by atoms with Gasteiger partial charge in [0.25, 0.3) is 0 Å². The van der Waals surface area contributed by atoms with E-state index in [0.29, 0.717) is 23.0 Å². The lowest BCUT2D eigenvalue weighted by molar-refractivity contribution is 0.0762. The van der Waals surface area contributed by atoms with Crippen molar-refractivity contribution >= 4 is 5.78 Å². The normalized spacial score (nSPS) is 40.7. The molecule has 0 N–H and O–H groups in total. The van der Waals surface area contributed by atoms with Gasteiger partial charge in [-0.3, -0.25) is 4.79 Å². The molecule has 4 unspecified atom stereocenters. The maximum atomic E-state index is 13.4. The van der Waals surface area contributed by atoms with Crippen LogP contribution in [0.4, 0.5) is 0 Å². The largest absolute Gasteiger partial charge is 0.294 e. The molecule has 0 heterocycles. The molecule has 1 spiro atoms. The molecule has 5 aliphatic carbocycles. The van der Waals surface area contributed by atoms with E-state index in [2.05, 4.69) is 18.2 Å². The van der Waals surface area contributed by atoms with Crippen LogP contribution in [0.1, 0.15) is 72.3 Å². The summed E-state index contributed by atoms with van der Waals surface area (Å²) >= 11 is 0. The average Bonchev–Trinajstić information content (AvgIpc) is 3.12. The predicted molar refractivity (Wildman–Crippen MR) is 86.0 cm³/mol. The van der Waals surface area contributed by atoms with Crippen molar-refractivity contribution < 1.29 is 4.79 Å². The summed E-state index contributed by atoms with van der Waals surface area (Å²) in [5.41, 5.74) is 7.80. The molecule has 0 aromatic heterocycles. The molecule has 6 rings (SSSR count). The van der Waals surface area contributed by atoms with Crippen LogP contribution in [-0.4, -0.2) is 5.78 Å². The van der Waals surface area contributed by atoms with E-state index in [1.54, 1.807) is 5.57 Å². The van der Waals surface area contributed by atoms with Crippen molar-refractivity contribution in [1.82, 2.24) is 0 Å². The van der Waals surface area contributed by atoms with Crippen molar-refractivity contribution in [1.29, 1.82) is 0 Å². The Bertz CT molecular complexity index is 755. The fraction of sp³-hybridized carbons (Fsp3) is 0.571. The topological polar surface area (TPSA) is 17.1 Å². The maximum Gasteiger partial charge on any atom is 0.167 e. The first-order valence-electron chi connectivity index (χ1n) is 9.19. The fourth-order valence-corrected chi connectivity index (χ4v) is 7.08. The molecule has 1 aromatic rings. The van der Waals surface area contributed by atoms with Gasteiger partial charge in [0.05, 0.1) is 0 Å². The van der Waals surface area contributed by atoms with E-state index in [4.69, 9.17) is 0 Å². The van der Waals surface area contributed by atoms with Crippen molar-refractivity contribution in [2.75, 3.05) is 0 Å². The molecular formula is C21H22O. The molecule has 112 valence electrons. The Morgan fingerprint density at radius 1 is 1.09 bits per heavy atom. The zero-order valence-electron chi connectivity index (χ0n) is 13.0. The minimum Gasteiger partial charge on any atom is -0.294 e.